The highest BCUT2D eigenvalue weighted by atomic mass is 35.5. The number of carbonyl (C=O) groups excluding carboxylic acids is 1. The van der Waals surface area contributed by atoms with Gasteiger partial charge in [0.15, 0.2) is 11.5 Å². The number of rotatable bonds is 3. The van der Waals surface area contributed by atoms with Crippen molar-refractivity contribution in [3.63, 3.8) is 0 Å². The summed E-state index contributed by atoms with van der Waals surface area (Å²) in [6.07, 6.45) is 0. The number of hydrogen-bond acceptors (Lipinski definition) is 3. The second kappa shape index (κ2) is 6.58. The molecule has 2 N–H and O–H groups in total. The molecular weight excluding hydrogens is 304 g/mol. The van der Waals surface area contributed by atoms with Crippen LogP contribution in [0.5, 0.6) is 11.5 Å². The van der Waals surface area contributed by atoms with Gasteiger partial charge in [0.05, 0.1) is 0 Å². The maximum atomic E-state index is 11.9. The lowest BCUT2D eigenvalue weighted by atomic mass is 10.2. The van der Waals surface area contributed by atoms with Crippen LogP contribution in [0, 0.1) is 0 Å². The maximum absolute atomic E-state index is 11.9. The molecule has 1 aliphatic rings. The number of benzene rings is 2. The standard InChI is InChI=1S/C16H15ClN2O3/c17-12-3-1-2-11(8-12)10-18-16(20)19-13-4-5-14-15(9-13)22-7-6-21-14/h1-5,8-9H,6-7,10H2,(H2,18,19,20). The highest BCUT2D eigenvalue weighted by molar-refractivity contribution is 6.30. The first-order chi connectivity index (χ1) is 10.7. The molecule has 0 bridgehead atoms. The second-order valence-electron chi connectivity index (χ2n) is 4.80. The highest BCUT2D eigenvalue weighted by Crippen LogP contribution is 2.32. The zero-order valence-electron chi connectivity index (χ0n) is 11.8. The molecule has 0 saturated carbocycles. The van der Waals surface area contributed by atoms with Gasteiger partial charge in [0.1, 0.15) is 13.2 Å². The third kappa shape index (κ3) is 3.62. The van der Waals surface area contributed by atoms with E-state index >= 15 is 0 Å². The molecule has 1 heterocycles. The van der Waals surface area contributed by atoms with Crippen molar-refractivity contribution in [2.45, 2.75) is 6.54 Å². The summed E-state index contributed by atoms with van der Waals surface area (Å²) in [6, 6.07) is 12.3. The number of anilines is 1. The van der Waals surface area contributed by atoms with Gasteiger partial charge in [-0.2, -0.15) is 0 Å². The molecule has 0 saturated heterocycles. The van der Waals surface area contributed by atoms with Crippen LogP contribution in [-0.4, -0.2) is 19.2 Å². The Kier molecular flexibility index (Phi) is 4.34. The average molecular weight is 319 g/mol. The third-order valence-corrected chi connectivity index (χ3v) is 3.38. The van der Waals surface area contributed by atoms with Crippen LogP contribution in [0.4, 0.5) is 10.5 Å². The number of amides is 2. The van der Waals surface area contributed by atoms with Gasteiger partial charge < -0.3 is 20.1 Å². The third-order valence-electron chi connectivity index (χ3n) is 3.14. The SMILES string of the molecule is O=C(NCc1cccc(Cl)c1)Nc1ccc2c(c1)OCCO2. The zero-order chi connectivity index (χ0) is 15.4. The van der Waals surface area contributed by atoms with Crippen molar-refractivity contribution in [2.24, 2.45) is 0 Å². The number of hydrogen-bond donors (Lipinski definition) is 2. The number of ether oxygens (including phenoxy) is 2. The summed E-state index contributed by atoms with van der Waals surface area (Å²) in [5, 5.41) is 6.18. The van der Waals surface area contributed by atoms with E-state index in [1.54, 1.807) is 24.3 Å². The molecule has 1 aliphatic heterocycles. The first-order valence-electron chi connectivity index (χ1n) is 6.90. The summed E-state index contributed by atoms with van der Waals surface area (Å²) in [6.45, 7) is 1.45. The number of halogens is 1. The van der Waals surface area contributed by atoms with Crippen molar-refractivity contribution in [2.75, 3.05) is 18.5 Å². The summed E-state index contributed by atoms with van der Waals surface area (Å²) in [7, 11) is 0. The van der Waals surface area contributed by atoms with Gasteiger partial charge >= 0.3 is 6.03 Å². The molecule has 3 rings (SSSR count). The minimum absolute atomic E-state index is 0.295. The van der Waals surface area contributed by atoms with Gasteiger partial charge in [-0.25, -0.2) is 4.79 Å². The summed E-state index contributed by atoms with van der Waals surface area (Å²) in [4.78, 5) is 11.9. The first-order valence-corrected chi connectivity index (χ1v) is 7.27. The Morgan fingerprint density at radius 2 is 1.91 bits per heavy atom. The van der Waals surface area contributed by atoms with Crippen LogP contribution in [0.3, 0.4) is 0 Å². The lowest BCUT2D eigenvalue weighted by Crippen LogP contribution is -2.28. The van der Waals surface area contributed by atoms with E-state index in [0.717, 1.165) is 5.56 Å². The first kappa shape index (κ1) is 14.5. The van der Waals surface area contributed by atoms with Gasteiger partial charge in [-0.15, -0.1) is 0 Å². The quantitative estimate of drug-likeness (QED) is 0.911. The van der Waals surface area contributed by atoms with Crippen LogP contribution in [-0.2, 0) is 6.54 Å². The zero-order valence-corrected chi connectivity index (χ0v) is 12.5. The number of carbonyl (C=O) groups is 1. The Balaban J connectivity index is 1.57. The topological polar surface area (TPSA) is 59.6 Å². The van der Waals surface area contributed by atoms with Crippen LogP contribution in [0.25, 0.3) is 0 Å². The van der Waals surface area contributed by atoms with Gasteiger partial charge in [-0.3, -0.25) is 0 Å². The van der Waals surface area contributed by atoms with E-state index in [2.05, 4.69) is 10.6 Å². The van der Waals surface area contributed by atoms with Gasteiger partial charge in [0, 0.05) is 23.3 Å². The van der Waals surface area contributed by atoms with Crippen molar-refractivity contribution < 1.29 is 14.3 Å². The Bertz CT molecular complexity index is 691. The normalized spacial score (nSPS) is 12.6. The smallest absolute Gasteiger partial charge is 0.319 e. The van der Waals surface area contributed by atoms with Gasteiger partial charge in [-0.05, 0) is 29.8 Å². The molecule has 114 valence electrons. The molecule has 5 nitrogen and oxygen atoms in total. The molecule has 0 unspecified atom stereocenters. The van der Waals surface area contributed by atoms with E-state index in [4.69, 9.17) is 21.1 Å². The Labute approximate surface area is 133 Å². The Morgan fingerprint density at radius 3 is 2.73 bits per heavy atom. The molecule has 0 atom stereocenters. The van der Waals surface area contributed by atoms with Crippen molar-refractivity contribution in [1.29, 1.82) is 0 Å². The van der Waals surface area contributed by atoms with Crippen LogP contribution < -0.4 is 20.1 Å². The van der Waals surface area contributed by atoms with E-state index in [9.17, 15) is 4.79 Å². The number of urea groups is 1. The molecule has 0 spiro atoms. The van der Waals surface area contributed by atoms with E-state index in [0.29, 0.717) is 42.0 Å². The van der Waals surface area contributed by atoms with Crippen LogP contribution in [0.1, 0.15) is 5.56 Å². The molecule has 0 aromatic heterocycles. The molecule has 6 heteroatoms. The molecule has 22 heavy (non-hydrogen) atoms. The minimum Gasteiger partial charge on any atom is -0.486 e. The Morgan fingerprint density at radius 1 is 1.09 bits per heavy atom. The fraction of sp³-hybridized carbons (Fsp3) is 0.188. The molecule has 2 amide bonds. The molecule has 0 aliphatic carbocycles. The average Bonchev–Trinajstić information content (AvgIpc) is 2.53. The van der Waals surface area contributed by atoms with Gasteiger partial charge in [-0.1, -0.05) is 23.7 Å². The summed E-state index contributed by atoms with van der Waals surface area (Å²) in [5.41, 5.74) is 1.58. The minimum atomic E-state index is -0.295. The fourth-order valence-corrected chi connectivity index (χ4v) is 2.34. The van der Waals surface area contributed by atoms with Crippen molar-refractivity contribution in [1.82, 2.24) is 5.32 Å². The lowest BCUT2D eigenvalue weighted by Gasteiger charge is -2.19. The monoisotopic (exact) mass is 318 g/mol. The summed E-state index contributed by atoms with van der Waals surface area (Å²) in [5.74, 6) is 1.33. The predicted molar refractivity (Wildman–Crippen MR) is 84.7 cm³/mol. The molecule has 2 aromatic rings. The number of nitrogens with one attached hydrogen (secondary N) is 2. The van der Waals surface area contributed by atoms with Gasteiger partial charge in [0.2, 0.25) is 0 Å². The van der Waals surface area contributed by atoms with Crippen molar-refractivity contribution in [3.05, 3.63) is 53.1 Å². The number of fused-ring (bicyclic) bond motifs is 1. The molecule has 0 fully saturated rings. The second-order valence-corrected chi connectivity index (χ2v) is 5.23. The fourth-order valence-electron chi connectivity index (χ4n) is 2.13. The van der Waals surface area contributed by atoms with Crippen LogP contribution >= 0.6 is 11.6 Å². The maximum Gasteiger partial charge on any atom is 0.319 e. The van der Waals surface area contributed by atoms with E-state index < -0.39 is 0 Å². The van der Waals surface area contributed by atoms with Crippen LogP contribution in [0.15, 0.2) is 42.5 Å². The Hall–Kier alpha value is -2.40. The van der Waals surface area contributed by atoms with Crippen molar-refractivity contribution >= 4 is 23.3 Å². The summed E-state index contributed by atoms with van der Waals surface area (Å²) >= 11 is 5.90. The van der Waals surface area contributed by atoms with Gasteiger partial charge in [0.25, 0.3) is 0 Å². The van der Waals surface area contributed by atoms with E-state index in [1.165, 1.54) is 0 Å². The van der Waals surface area contributed by atoms with Crippen molar-refractivity contribution in [3.8, 4) is 11.5 Å². The highest BCUT2D eigenvalue weighted by Gasteiger charge is 2.12. The van der Waals surface area contributed by atoms with E-state index in [-0.39, 0.29) is 6.03 Å². The lowest BCUT2D eigenvalue weighted by molar-refractivity contribution is 0.171. The molecule has 0 radical (unpaired) electrons. The summed E-state index contributed by atoms with van der Waals surface area (Å²) < 4.78 is 10.9. The van der Waals surface area contributed by atoms with Crippen LogP contribution in [0.2, 0.25) is 5.02 Å². The molecule has 2 aromatic carbocycles. The predicted octanol–water partition coefficient (Wildman–Crippen LogP) is 3.43. The molecular formula is C16H15ClN2O3. The van der Waals surface area contributed by atoms with E-state index in [1.807, 2.05) is 18.2 Å². The largest absolute Gasteiger partial charge is 0.486 e.